The van der Waals surface area contributed by atoms with E-state index in [1.54, 1.807) is 6.07 Å². The van der Waals surface area contributed by atoms with Gasteiger partial charge in [0.15, 0.2) is 0 Å². The number of carbonyl (C=O) groups is 1. The minimum absolute atomic E-state index is 0.0994. The zero-order valence-electron chi connectivity index (χ0n) is 21.9. The molecule has 0 amide bonds. The first-order chi connectivity index (χ1) is 17.2. The van der Waals surface area contributed by atoms with Crippen molar-refractivity contribution in [2.45, 2.75) is 60.0 Å². The second-order valence-corrected chi connectivity index (χ2v) is 12.7. The number of esters is 1. The molecule has 0 N–H and O–H groups in total. The molecule has 36 heavy (non-hydrogen) atoms. The normalized spacial score (nSPS) is 21.7. The minimum atomic E-state index is -3.51. The molecule has 0 spiro atoms. The highest BCUT2D eigenvalue weighted by Crippen LogP contribution is 2.52. The second kappa shape index (κ2) is 11.2. The van der Waals surface area contributed by atoms with E-state index in [2.05, 4.69) is 20.8 Å². The number of rotatable bonds is 7. The number of carbonyl (C=O) groups excluding carboxylic acids is 1. The number of ether oxygens (including phenoxy) is 1. The Hall–Kier alpha value is -2.68. The summed E-state index contributed by atoms with van der Waals surface area (Å²) < 4.78 is 27.7. The molecule has 5 heteroatoms. The van der Waals surface area contributed by atoms with Crippen molar-refractivity contribution in [3.05, 3.63) is 78.4 Å². The van der Waals surface area contributed by atoms with Crippen molar-refractivity contribution in [3.63, 3.8) is 0 Å². The van der Waals surface area contributed by atoms with Crippen LogP contribution in [0.3, 0.4) is 0 Å². The lowest BCUT2D eigenvalue weighted by molar-refractivity contribution is -0.131. The van der Waals surface area contributed by atoms with E-state index in [9.17, 15) is 4.79 Å². The fraction of sp³-hybridized carbons (Fsp3) is 0.387. The van der Waals surface area contributed by atoms with Gasteiger partial charge in [-0.25, -0.2) is 0 Å². The van der Waals surface area contributed by atoms with Gasteiger partial charge in [0.1, 0.15) is 5.75 Å². The van der Waals surface area contributed by atoms with E-state index in [1.165, 1.54) is 13.3 Å². The first-order valence-corrected chi connectivity index (χ1v) is 14.5. The maximum Gasteiger partial charge on any atom is 0.308 e. The summed E-state index contributed by atoms with van der Waals surface area (Å²) >= 11 is 0. The van der Waals surface area contributed by atoms with Crippen molar-refractivity contribution in [2.75, 3.05) is 0 Å². The van der Waals surface area contributed by atoms with E-state index in [0.29, 0.717) is 34.1 Å². The maximum atomic E-state index is 15.3. The van der Waals surface area contributed by atoms with Gasteiger partial charge < -0.3 is 9.26 Å². The minimum Gasteiger partial charge on any atom is -0.426 e. The van der Waals surface area contributed by atoms with Gasteiger partial charge in [0.05, 0.1) is 6.10 Å². The summed E-state index contributed by atoms with van der Waals surface area (Å²) in [5.74, 6) is 1.38. The highest BCUT2D eigenvalue weighted by atomic mass is 31.2. The zero-order valence-corrected chi connectivity index (χ0v) is 22.8. The van der Waals surface area contributed by atoms with Gasteiger partial charge in [-0.15, -0.1) is 0 Å². The van der Waals surface area contributed by atoms with E-state index in [-0.39, 0.29) is 6.10 Å². The van der Waals surface area contributed by atoms with E-state index >= 15 is 4.57 Å². The standard InChI is InChI=1S/C31H37O4P/c1-21(2)26-19-18-22(3)20-29(26)35-36(33,25-13-7-6-8-14-25)30-17-10-9-15-27(30)31-23(4)12-11-16-28(31)34-24(5)32/h6-17,21-22,26,29H,18-20H2,1-5H3/t22-,26+,29-,36+/m1/s1. The predicted octanol–water partition coefficient (Wildman–Crippen LogP) is 7.29. The summed E-state index contributed by atoms with van der Waals surface area (Å²) in [5, 5.41) is 1.32. The lowest BCUT2D eigenvalue weighted by atomic mass is 9.75. The maximum absolute atomic E-state index is 15.3. The van der Waals surface area contributed by atoms with Crippen molar-refractivity contribution in [2.24, 2.45) is 17.8 Å². The molecule has 1 aliphatic carbocycles. The van der Waals surface area contributed by atoms with Gasteiger partial charge in [-0.1, -0.05) is 75.7 Å². The van der Waals surface area contributed by atoms with Crippen molar-refractivity contribution < 1.29 is 18.6 Å². The Morgan fingerprint density at radius 1 is 0.944 bits per heavy atom. The highest BCUT2D eigenvalue weighted by Gasteiger charge is 2.40. The van der Waals surface area contributed by atoms with Crippen LogP contribution in [0.15, 0.2) is 72.8 Å². The summed E-state index contributed by atoms with van der Waals surface area (Å²) in [5.41, 5.74) is 2.47. The van der Waals surface area contributed by atoms with Crippen LogP contribution in [0, 0.1) is 24.7 Å². The molecule has 4 rings (SSSR count). The molecule has 0 radical (unpaired) electrons. The van der Waals surface area contributed by atoms with Crippen LogP contribution in [0.2, 0.25) is 0 Å². The smallest absolute Gasteiger partial charge is 0.308 e. The number of hydrogen-bond acceptors (Lipinski definition) is 4. The van der Waals surface area contributed by atoms with Crippen LogP contribution in [0.25, 0.3) is 11.1 Å². The molecule has 0 heterocycles. The van der Waals surface area contributed by atoms with Crippen molar-refractivity contribution in [1.82, 2.24) is 0 Å². The Balaban J connectivity index is 1.91. The Morgan fingerprint density at radius 3 is 2.33 bits per heavy atom. The van der Waals surface area contributed by atoms with Gasteiger partial charge in [0, 0.05) is 23.1 Å². The predicted molar refractivity (Wildman–Crippen MR) is 147 cm³/mol. The van der Waals surface area contributed by atoms with Crippen LogP contribution >= 0.6 is 7.37 Å². The molecule has 0 saturated heterocycles. The fourth-order valence-corrected chi connectivity index (χ4v) is 7.96. The molecule has 3 aromatic rings. The molecule has 1 saturated carbocycles. The lowest BCUT2D eigenvalue weighted by Gasteiger charge is -2.39. The highest BCUT2D eigenvalue weighted by molar-refractivity contribution is 7.74. The quantitative estimate of drug-likeness (QED) is 0.193. The van der Waals surface area contributed by atoms with E-state index in [0.717, 1.165) is 29.5 Å². The van der Waals surface area contributed by atoms with E-state index < -0.39 is 13.3 Å². The molecule has 0 aromatic heterocycles. The first-order valence-electron chi connectivity index (χ1n) is 12.9. The van der Waals surface area contributed by atoms with Gasteiger partial charge in [0.25, 0.3) is 7.37 Å². The van der Waals surface area contributed by atoms with Crippen LogP contribution < -0.4 is 15.3 Å². The Kier molecular flexibility index (Phi) is 8.17. The molecule has 0 aliphatic heterocycles. The Bertz CT molecular complexity index is 1250. The third-order valence-electron chi connectivity index (χ3n) is 7.32. The van der Waals surface area contributed by atoms with Crippen LogP contribution in [-0.2, 0) is 13.9 Å². The fourth-order valence-electron chi connectivity index (χ4n) is 5.48. The summed E-state index contributed by atoms with van der Waals surface area (Å²) in [6.45, 7) is 10.1. The van der Waals surface area contributed by atoms with Crippen molar-refractivity contribution in [3.8, 4) is 16.9 Å². The number of aryl methyl sites for hydroxylation is 1. The average molecular weight is 505 g/mol. The summed E-state index contributed by atoms with van der Waals surface area (Å²) in [7, 11) is -3.51. The molecule has 3 aromatic carbocycles. The monoisotopic (exact) mass is 504 g/mol. The number of hydrogen-bond donors (Lipinski definition) is 0. The SMILES string of the molecule is CC(=O)Oc1cccc(C)c1-c1ccccc1[P@@](=O)(O[C@@H]1C[C@H](C)CC[C@H]1C(C)C)c1ccccc1. The molecule has 190 valence electrons. The van der Waals surface area contributed by atoms with Gasteiger partial charge in [-0.05, 0) is 72.9 Å². The molecule has 4 atom stereocenters. The summed E-state index contributed by atoms with van der Waals surface area (Å²) in [4.78, 5) is 11.9. The van der Waals surface area contributed by atoms with Gasteiger partial charge >= 0.3 is 5.97 Å². The third kappa shape index (κ3) is 5.51. The van der Waals surface area contributed by atoms with Gasteiger partial charge in [0.2, 0.25) is 0 Å². The first kappa shape index (κ1) is 26.4. The van der Waals surface area contributed by atoms with E-state index in [4.69, 9.17) is 9.26 Å². The van der Waals surface area contributed by atoms with Crippen LogP contribution in [0.5, 0.6) is 5.75 Å². The summed E-state index contributed by atoms with van der Waals surface area (Å²) in [6.07, 6.45) is 3.04. The third-order valence-corrected chi connectivity index (χ3v) is 9.89. The summed E-state index contributed by atoms with van der Waals surface area (Å²) in [6, 6.07) is 22.9. The topological polar surface area (TPSA) is 52.6 Å². The molecule has 0 bridgehead atoms. The molecule has 1 aliphatic rings. The molecule has 4 nitrogen and oxygen atoms in total. The van der Waals surface area contributed by atoms with Gasteiger partial charge in [-0.3, -0.25) is 9.36 Å². The molecular formula is C31H37O4P. The largest absolute Gasteiger partial charge is 0.426 e. The van der Waals surface area contributed by atoms with E-state index in [1.807, 2.05) is 73.7 Å². The van der Waals surface area contributed by atoms with Crippen LogP contribution in [-0.4, -0.2) is 12.1 Å². The van der Waals surface area contributed by atoms with Crippen molar-refractivity contribution >= 4 is 23.9 Å². The lowest BCUT2D eigenvalue weighted by Crippen LogP contribution is -2.36. The molecular weight excluding hydrogens is 467 g/mol. The van der Waals surface area contributed by atoms with Crippen molar-refractivity contribution in [1.29, 1.82) is 0 Å². The second-order valence-electron chi connectivity index (χ2n) is 10.4. The number of benzene rings is 3. The van der Waals surface area contributed by atoms with Crippen LogP contribution in [0.1, 0.15) is 52.5 Å². The molecule has 1 fully saturated rings. The van der Waals surface area contributed by atoms with Crippen LogP contribution in [0.4, 0.5) is 0 Å². The Morgan fingerprint density at radius 2 is 1.64 bits per heavy atom. The molecule has 0 unspecified atom stereocenters. The van der Waals surface area contributed by atoms with Gasteiger partial charge in [-0.2, -0.15) is 0 Å². The zero-order chi connectivity index (χ0) is 25.9. The average Bonchev–Trinajstić information content (AvgIpc) is 2.84. The Labute approximate surface area is 215 Å².